The molecule has 0 bridgehead atoms. The summed E-state index contributed by atoms with van der Waals surface area (Å²) in [7, 11) is 0. The van der Waals surface area contributed by atoms with Crippen LogP contribution < -0.4 is 15.6 Å². The standard InChI is InChI=1S/C23H21N3O4.C8H8F2O/c27-22(18-4-2-10-26-23(18)28)25-9-1-3-16-5-6-20-19(13-16)21(7-11-24-20)30-15-17-8-12-29-14-17;9-7-2-1-6(3-4-11)5-8(7)10/h2,4-7,10-11,13,17H,8-9,12,14-15H2,(H,25,27)(H,26,28);1-2,5,11H,3-4H2. The van der Waals surface area contributed by atoms with E-state index in [9.17, 15) is 18.4 Å². The van der Waals surface area contributed by atoms with Gasteiger partial charge in [-0.3, -0.25) is 14.6 Å². The van der Waals surface area contributed by atoms with Gasteiger partial charge in [-0.2, -0.15) is 0 Å². The molecule has 3 N–H and O–H groups in total. The number of aromatic nitrogens is 2. The Morgan fingerprint density at radius 3 is 2.80 bits per heavy atom. The molecule has 10 heteroatoms. The molecule has 1 aliphatic rings. The first-order valence-electron chi connectivity index (χ1n) is 13.0. The van der Waals surface area contributed by atoms with Crippen LogP contribution in [-0.2, 0) is 11.2 Å². The lowest BCUT2D eigenvalue weighted by Crippen LogP contribution is -2.29. The molecule has 0 aliphatic carbocycles. The summed E-state index contributed by atoms with van der Waals surface area (Å²) >= 11 is 0. The minimum atomic E-state index is -0.865. The lowest BCUT2D eigenvalue weighted by molar-refractivity contribution is 0.0957. The van der Waals surface area contributed by atoms with Gasteiger partial charge in [-0.15, -0.1) is 0 Å². The fourth-order valence-corrected chi connectivity index (χ4v) is 4.04. The molecule has 5 rings (SSSR count). The average molecular weight is 562 g/mol. The highest BCUT2D eigenvalue weighted by atomic mass is 19.2. The molecule has 1 amide bonds. The summed E-state index contributed by atoms with van der Waals surface area (Å²) in [6, 6.07) is 14.2. The van der Waals surface area contributed by atoms with Gasteiger partial charge in [0.15, 0.2) is 11.6 Å². The second-order valence-electron chi connectivity index (χ2n) is 9.20. The molecule has 212 valence electrons. The highest BCUT2D eigenvalue weighted by Gasteiger charge is 2.17. The molecule has 1 fully saturated rings. The minimum absolute atomic E-state index is 0.0505. The maximum atomic E-state index is 12.4. The summed E-state index contributed by atoms with van der Waals surface area (Å²) in [6.07, 6.45) is 4.58. The van der Waals surface area contributed by atoms with Crippen molar-refractivity contribution in [1.29, 1.82) is 0 Å². The van der Waals surface area contributed by atoms with E-state index in [-0.39, 0.29) is 18.7 Å². The predicted molar refractivity (Wildman–Crippen MR) is 150 cm³/mol. The number of ether oxygens (including phenoxy) is 2. The van der Waals surface area contributed by atoms with Crippen LogP contribution in [0.4, 0.5) is 8.78 Å². The molecule has 3 heterocycles. The van der Waals surface area contributed by atoms with Gasteiger partial charge < -0.3 is 24.9 Å². The minimum Gasteiger partial charge on any atom is -0.492 e. The second-order valence-corrected chi connectivity index (χ2v) is 9.20. The number of aromatic amines is 1. The number of H-pyrrole nitrogens is 1. The number of benzene rings is 2. The number of hydrogen-bond donors (Lipinski definition) is 3. The highest BCUT2D eigenvalue weighted by Crippen LogP contribution is 2.26. The zero-order valence-electron chi connectivity index (χ0n) is 22.2. The van der Waals surface area contributed by atoms with Crippen molar-refractivity contribution in [2.24, 2.45) is 5.92 Å². The maximum absolute atomic E-state index is 12.4. The Hall–Kier alpha value is -4.59. The molecule has 0 radical (unpaired) electrons. The van der Waals surface area contributed by atoms with Crippen molar-refractivity contribution in [1.82, 2.24) is 15.3 Å². The zero-order chi connectivity index (χ0) is 29.0. The summed E-state index contributed by atoms with van der Waals surface area (Å²) in [5.41, 5.74) is 1.85. The van der Waals surface area contributed by atoms with E-state index in [0.717, 1.165) is 54.0 Å². The number of nitrogens with one attached hydrogen (secondary N) is 2. The van der Waals surface area contributed by atoms with Crippen molar-refractivity contribution in [2.45, 2.75) is 12.8 Å². The first-order chi connectivity index (χ1) is 19.9. The van der Waals surface area contributed by atoms with Crippen LogP contribution in [-0.4, -0.2) is 54.0 Å². The van der Waals surface area contributed by atoms with Crippen LogP contribution in [0.1, 0.15) is 27.9 Å². The van der Waals surface area contributed by atoms with Gasteiger partial charge in [0.2, 0.25) is 0 Å². The number of nitrogens with zero attached hydrogens (tertiary/aromatic N) is 1. The smallest absolute Gasteiger partial charge is 0.260 e. The number of amides is 1. The lowest BCUT2D eigenvalue weighted by atomic mass is 10.1. The first-order valence-corrected chi connectivity index (χ1v) is 13.0. The van der Waals surface area contributed by atoms with E-state index in [0.29, 0.717) is 24.5 Å². The van der Waals surface area contributed by atoms with Crippen LogP contribution in [0.25, 0.3) is 10.9 Å². The Morgan fingerprint density at radius 1 is 1.17 bits per heavy atom. The molecule has 2 aromatic carbocycles. The molecule has 1 saturated heterocycles. The summed E-state index contributed by atoms with van der Waals surface area (Å²) in [5, 5.41) is 12.0. The Bertz CT molecular complexity index is 1610. The number of aliphatic hydroxyl groups is 1. The van der Waals surface area contributed by atoms with Crippen LogP contribution in [0.15, 0.2) is 71.8 Å². The molecule has 0 spiro atoms. The Balaban J connectivity index is 0.000000296. The Morgan fingerprint density at radius 2 is 2.05 bits per heavy atom. The summed E-state index contributed by atoms with van der Waals surface area (Å²) in [5.74, 6) is 4.95. The fourth-order valence-electron chi connectivity index (χ4n) is 4.04. The van der Waals surface area contributed by atoms with Crippen molar-refractivity contribution >= 4 is 16.8 Å². The topological polar surface area (TPSA) is 114 Å². The third-order valence-corrected chi connectivity index (χ3v) is 6.22. The molecular formula is C31H29F2N3O5. The van der Waals surface area contributed by atoms with Crippen LogP contribution in [0, 0.1) is 29.4 Å². The molecule has 1 unspecified atom stereocenters. The number of pyridine rings is 2. The van der Waals surface area contributed by atoms with Crippen molar-refractivity contribution < 1.29 is 28.2 Å². The van der Waals surface area contributed by atoms with Crippen LogP contribution in [0.2, 0.25) is 0 Å². The summed E-state index contributed by atoms with van der Waals surface area (Å²) in [6.45, 7) is 2.22. The number of rotatable bonds is 7. The predicted octanol–water partition coefficient (Wildman–Crippen LogP) is 3.62. The van der Waals surface area contributed by atoms with Gasteiger partial charge in [0.25, 0.3) is 11.5 Å². The SMILES string of the molecule is O=C(NCC#Cc1ccc2nccc(OCC3CCOC3)c2c1)c1ccc[nH]c1=O.OCCc1ccc(F)c(F)c1. The normalized spacial score (nSPS) is 14.0. The van der Waals surface area contributed by atoms with Crippen LogP contribution in [0.3, 0.4) is 0 Å². The quantitative estimate of drug-likeness (QED) is 0.297. The van der Waals surface area contributed by atoms with Crippen molar-refractivity contribution in [3.63, 3.8) is 0 Å². The number of hydrogen-bond acceptors (Lipinski definition) is 6. The van der Waals surface area contributed by atoms with Gasteiger partial charge in [0.05, 0.1) is 25.3 Å². The van der Waals surface area contributed by atoms with Crippen LogP contribution >= 0.6 is 0 Å². The largest absolute Gasteiger partial charge is 0.492 e. The molecule has 0 saturated carbocycles. The monoisotopic (exact) mass is 561 g/mol. The highest BCUT2D eigenvalue weighted by molar-refractivity contribution is 5.93. The van der Waals surface area contributed by atoms with Crippen LogP contribution in [0.5, 0.6) is 5.75 Å². The van der Waals surface area contributed by atoms with Gasteiger partial charge in [0.1, 0.15) is 11.3 Å². The zero-order valence-corrected chi connectivity index (χ0v) is 22.2. The summed E-state index contributed by atoms with van der Waals surface area (Å²) in [4.78, 5) is 30.5. The third-order valence-electron chi connectivity index (χ3n) is 6.22. The van der Waals surface area contributed by atoms with Crippen molar-refractivity contribution in [2.75, 3.05) is 33.0 Å². The van der Waals surface area contributed by atoms with Gasteiger partial charge in [-0.25, -0.2) is 8.78 Å². The van der Waals surface area contributed by atoms with Gasteiger partial charge >= 0.3 is 0 Å². The van der Waals surface area contributed by atoms with Crippen molar-refractivity contribution in [3.8, 4) is 17.6 Å². The molecule has 2 aromatic heterocycles. The van der Waals surface area contributed by atoms with Crippen molar-refractivity contribution in [3.05, 3.63) is 106 Å². The maximum Gasteiger partial charge on any atom is 0.260 e. The van der Waals surface area contributed by atoms with E-state index >= 15 is 0 Å². The number of halogens is 2. The average Bonchev–Trinajstić information content (AvgIpc) is 3.51. The molecule has 41 heavy (non-hydrogen) atoms. The molecule has 4 aromatic rings. The van der Waals surface area contributed by atoms with E-state index in [1.165, 1.54) is 18.3 Å². The molecular weight excluding hydrogens is 532 g/mol. The fraction of sp³-hybridized carbons (Fsp3) is 0.258. The number of carbonyl (C=O) groups is 1. The van der Waals surface area contributed by atoms with E-state index < -0.39 is 23.1 Å². The van der Waals surface area contributed by atoms with Gasteiger partial charge in [-0.1, -0.05) is 17.9 Å². The Kier molecular flexibility index (Phi) is 10.5. The van der Waals surface area contributed by atoms with Gasteiger partial charge in [-0.05, 0) is 66.9 Å². The number of fused-ring (bicyclic) bond motifs is 1. The molecule has 1 atom stereocenters. The lowest BCUT2D eigenvalue weighted by Gasteiger charge is -2.12. The molecule has 8 nitrogen and oxygen atoms in total. The van der Waals surface area contributed by atoms with E-state index in [1.807, 2.05) is 24.3 Å². The van der Waals surface area contributed by atoms with E-state index in [2.05, 4.69) is 27.1 Å². The summed E-state index contributed by atoms with van der Waals surface area (Å²) < 4.78 is 36.2. The molecule has 1 aliphatic heterocycles. The van der Waals surface area contributed by atoms with E-state index in [1.54, 1.807) is 12.3 Å². The first kappa shape index (κ1) is 29.4. The number of aliphatic hydroxyl groups excluding tert-OH is 1. The van der Waals surface area contributed by atoms with Gasteiger partial charge in [0, 0.05) is 42.5 Å². The second kappa shape index (κ2) is 14.7. The van der Waals surface area contributed by atoms with E-state index in [4.69, 9.17) is 14.6 Å². The number of carbonyl (C=O) groups excluding carboxylic acids is 1. The Labute approximate surface area is 235 Å². The third kappa shape index (κ3) is 8.45.